The first-order chi connectivity index (χ1) is 13.5. The number of esters is 1. The van der Waals surface area contributed by atoms with Crippen LogP contribution in [-0.2, 0) is 26.0 Å². The molecule has 0 atom stereocenters. The molecule has 0 spiro atoms. The molecule has 0 fully saturated rings. The molecule has 1 aromatic heterocycles. The van der Waals surface area contributed by atoms with Gasteiger partial charge < -0.3 is 4.74 Å². The average molecular weight is 396 g/mol. The van der Waals surface area contributed by atoms with Crippen molar-refractivity contribution < 1.29 is 17.9 Å². The topological polar surface area (TPSA) is 76.6 Å². The van der Waals surface area contributed by atoms with Crippen molar-refractivity contribution in [2.75, 3.05) is 17.5 Å². The van der Waals surface area contributed by atoms with Gasteiger partial charge in [0.2, 0.25) is 0 Å². The van der Waals surface area contributed by atoms with Crippen molar-refractivity contribution in [3.8, 4) is 0 Å². The SMILES string of the molecule is Cc1cccc(CCCOC(=O)CN2c3cccc4cccc(c34)S2(=O)=O)n1. The summed E-state index contributed by atoms with van der Waals surface area (Å²) in [5.41, 5.74) is 2.41. The van der Waals surface area contributed by atoms with Gasteiger partial charge in [0.15, 0.2) is 0 Å². The fourth-order valence-electron chi connectivity index (χ4n) is 3.47. The number of benzene rings is 2. The van der Waals surface area contributed by atoms with Crippen molar-refractivity contribution in [2.45, 2.75) is 24.7 Å². The second-order valence-corrected chi connectivity index (χ2v) is 8.57. The zero-order valence-corrected chi connectivity index (χ0v) is 16.3. The predicted molar refractivity (Wildman–Crippen MR) is 107 cm³/mol. The molecule has 7 heteroatoms. The van der Waals surface area contributed by atoms with Crippen LogP contribution in [0.15, 0.2) is 59.5 Å². The summed E-state index contributed by atoms with van der Waals surface area (Å²) in [6.07, 6.45) is 1.33. The molecule has 28 heavy (non-hydrogen) atoms. The van der Waals surface area contributed by atoms with Crippen LogP contribution in [0.2, 0.25) is 0 Å². The number of aromatic nitrogens is 1. The number of aryl methyl sites for hydroxylation is 2. The predicted octanol–water partition coefficient (Wildman–Crippen LogP) is 3.23. The Hall–Kier alpha value is -2.93. The van der Waals surface area contributed by atoms with Gasteiger partial charge in [0.05, 0.1) is 17.2 Å². The maximum atomic E-state index is 12.9. The molecule has 0 amide bonds. The normalized spacial score (nSPS) is 14.4. The average Bonchev–Trinajstić information content (AvgIpc) is 2.89. The van der Waals surface area contributed by atoms with Gasteiger partial charge in [0, 0.05) is 16.8 Å². The van der Waals surface area contributed by atoms with Crippen LogP contribution < -0.4 is 4.31 Å². The zero-order valence-electron chi connectivity index (χ0n) is 15.5. The minimum Gasteiger partial charge on any atom is -0.464 e. The van der Waals surface area contributed by atoms with Crippen molar-refractivity contribution >= 4 is 32.5 Å². The van der Waals surface area contributed by atoms with Gasteiger partial charge in [0.1, 0.15) is 6.54 Å². The molecule has 6 nitrogen and oxygen atoms in total. The Morgan fingerprint density at radius 1 is 1.07 bits per heavy atom. The number of carbonyl (C=O) groups is 1. The standard InChI is InChI=1S/C21H20N2O4S/c1-15-6-2-9-17(22-15)10-5-13-27-20(24)14-23-18-11-3-7-16-8-4-12-19(21(16)18)28(23,25)26/h2-4,6-9,11-12H,5,10,13-14H2,1H3. The van der Waals surface area contributed by atoms with Crippen molar-refractivity contribution in [1.82, 2.24) is 4.98 Å². The number of pyridine rings is 1. The summed E-state index contributed by atoms with van der Waals surface area (Å²) in [6.45, 7) is 1.82. The van der Waals surface area contributed by atoms with Gasteiger partial charge in [-0.2, -0.15) is 0 Å². The van der Waals surface area contributed by atoms with Gasteiger partial charge in [-0.1, -0.05) is 30.3 Å². The highest BCUT2D eigenvalue weighted by atomic mass is 32.2. The number of hydrogen-bond acceptors (Lipinski definition) is 5. The van der Waals surface area contributed by atoms with Crippen LogP contribution in [0.4, 0.5) is 5.69 Å². The third kappa shape index (κ3) is 3.33. The minimum absolute atomic E-state index is 0.222. The molecule has 0 saturated carbocycles. The molecule has 0 saturated heterocycles. The lowest BCUT2D eigenvalue weighted by Crippen LogP contribution is -2.33. The van der Waals surface area contributed by atoms with E-state index in [1.807, 2.05) is 37.3 Å². The quantitative estimate of drug-likeness (QED) is 0.472. The van der Waals surface area contributed by atoms with Gasteiger partial charge in [-0.3, -0.25) is 14.1 Å². The second kappa shape index (κ2) is 7.24. The molecule has 1 aliphatic rings. The number of carbonyl (C=O) groups excluding carboxylic acids is 1. The minimum atomic E-state index is -3.75. The van der Waals surface area contributed by atoms with Crippen LogP contribution in [0, 0.1) is 6.92 Å². The summed E-state index contributed by atoms with van der Waals surface area (Å²) in [5, 5.41) is 1.49. The Kier molecular flexibility index (Phi) is 4.77. The summed E-state index contributed by atoms with van der Waals surface area (Å²) in [4.78, 5) is 16.9. The fourth-order valence-corrected chi connectivity index (χ4v) is 5.12. The van der Waals surface area contributed by atoms with E-state index in [1.54, 1.807) is 24.3 Å². The fraction of sp³-hybridized carbons (Fsp3) is 0.238. The lowest BCUT2D eigenvalue weighted by Gasteiger charge is -2.17. The number of anilines is 1. The zero-order chi connectivity index (χ0) is 19.7. The third-order valence-corrected chi connectivity index (χ3v) is 6.54. The molecular formula is C21H20N2O4S. The Balaban J connectivity index is 1.41. The van der Waals surface area contributed by atoms with E-state index in [9.17, 15) is 13.2 Å². The Morgan fingerprint density at radius 3 is 2.61 bits per heavy atom. The smallest absolute Gasteiger partial charge is 0.326 e. The first-order valence-electron chi connectivity index (χ1n) is 9.09. The molecular weight excluding hydrogens is 376 g/mol. The van der Waals surface area contributed by atoms with Crippen molar-refractivity contribution in [3.05, 3.63) is 66.0 Å². The van der Waals surface area contributed by atoms with Gasteiger partial charge in [-0.15, -0.1) is 0 Å². The van der Waals surface area contributed by atoms with Gasteiger partial charge in [-0.25, -0.2) is 8.42 Å². The Bertz CT molecular complexity index is 1150. The molecule has 1 aliphatic heterocycles. The number of sulfonamides is 1. The van der Waals surface area contributed by atoms with Crippen molar-refractivity contribution in [3.63, 3.8) is 0 Å². The van der Waals surface area contributed by atoms with Crippen molar-refractivity contribution in [1.29, 1.82) is 0 Å². The van der Waals surface area contributed by atoms with E-state index in [4.69, 9.17) is 4.74 Å². The van der Waals surface area contributed by atoms with E-state index in [0.29, 0.717) is 23.9 Å². The number of rotatable bonds is 6. The number of ether oxygens (including phenoxy) is 1. The van der Waals surface area contributed by atoms with E-state index in [2.05, 4.69) is 4.98 Å². The highest BCUT2D eigenvalue weighted by molar-refractivity contribution is 7.93. The molecule has 144 valence electrons. The lowest BCUT2D eigenvalue weighted by atomic mass is 10.1. The summed E-state index contributed by atoms with van der Waals surface area (Å²) in [5.74, 6) is -0.564. The van der Waals surface area contributed by atoms with E-state index < -0.39 is 16.0 Å². The summed E-state index contributed by atoms with van der Waals surface area (Å²) in [7, 11) is -3.75. The largest absolute Gasteiger partial charge is 0.464 e. The number of hydrogen-bond donors (Lipinski definition) is 0. The summed E-state index contributed by atoms with van der Waals surface area (Å²) < 4.78 is 32.1. The van der Waals surface area contributed by atoms with Crippen LogP contribution in [0.25, 0.3) is 10.8 Å². The molecule has 0 N–H and O–H groups in total. The van der Waals surface area contributed by atoms with Crippen LogP contribution in [-0.4, -0.2) is 32.5 Å². The molecule has 3 aromatic rings. The first-order valence-corrected chi connectivity index (χ1v) is 10.5. The van der Waals surface area contributed by atoms with Crippen LogP contribution in [0.5, 0.6) is 0 Å². The van der Waals surface area contributed by atoms with Gasteiger partial charge in [-0.05, 0) is 49.4 Å². The van der Waals surface area contributed by atoms with E-state index in [0.717, 1.165) is 21.1 Å². The van der Waals surface area contributed by atoms with Gasteiger partial charge in [0.25, 0.3) is 10.0 Å². The van der Waals surface area contributed by atoms with Gasteiger partial charge >= 0.3 is 5.97 Å². The molecule has 0 radical (unpaired) electrons. The van der Waals surface area contributed by atoms with Crippen LogP contribution >= 0.6 is 0 Å². The molecule has 0 aliphatic carbocycles. The number of nitrogens with zero attached hydrogens (tertiary/aromatic N) is 2. The van der Waals surface area contributed by atoms with E-state index in [1.165, 1.54) is 0 Å². The highest BCUT2D eigenvalue weighted by Crippen LogP contribution is 2.41. The Labute approximate surface area is 163 Å². The second-order valence-electron chi connectivity index (χ2n) is 6.74. The third-order valence-electron chi connectivity index (χ3n) is 4.74. The van der Waals surface area contributed by atoms with E-state index >= 15 is 0 Å². The summed E-state index contributed by atoms with van der Waals surface area (Å²) in [6, 6.07) is 16.3. The van der Waals surface area contributed by atoms with Crippen LogP contribution in [0.1, 0.15) is 17.8 Å². The molecule has 2 aromatic carbocycles. The maximum absolute atomic E-state index is 12.9. The van der Waals surface area contributed by atoms with E-state index in [-0.39, 0.29) is 18.0 Å². The lowest BCUT2D eigenvalue weighted by molar-refractivity contribution is -0.141. The van der Waals surface area contributed by atoms with Crippen LogP contribution in [0.3, 0.4) is 0 Å². The monoisotopic (exact) mass is 396 g/mol. The molecule has 4 rings (SSSR count). The first kappa shape index (κ1) is 18.4. The molecule has 0 unspecified atom stereocenters. The van der Waals surface area contributed by atoms with Crippen molar-refractivity contribution in [2.24, 2.45) is 0 Å². The molecule has 2 heterocycles. The Morgan fingerprint density at radius 2 is 1.82 bits per heavy atom. The summed E-state index contributed by atoms with van der Waals surface area (Å²) >= 11 is 0. The molecule has 0 bridgehead atoms. The highest BCUT2D eigenvalue weighted by Gasteiger charge is 2.36. The maximum Gasteiger partial charge on any atom is 0.326 e.